The van der Waals surface area contributed by atoms with Crippen LogP contribution >= 0.6 is 0 Å². The van der Waals surface area contributed by atoms with Crippen molar-refractivity contribution in [3.63, 3.8) is 0 Å². The molecular weight excluding hydrogens is 300 g/mol. The van der Waals surface area contributed by atoms with E-state index in [-0.39, 0.29) is 5.92 Å². The van der Waals surface area contributed by atoms with Gasteiger partial charge in [0, 0.05) is 23.2 Å². The number of aromatic nitrogens is 1. The number of pyridine rings is 1. The molecule has 0 saturated carbocycles. The first-order chi connectivity index (χ1) is 11.6. The minimum absolute atomic E-state index is 0.144. The summed E-state index contributed by atoms with van der Waals surface area (Å²) < 4.78 is 6.05. The van der Waals surface area contributed by atoms with Crippen molar-refractivity contribution in [1.82, 2.24) is 9.88 Å². The zero-order valence-corrected chi connectivity index (χ0v) is 14.3. The zero-order chi connectivity index (χ0) is 16.7. The highest BCUT2D eigenvalue weighted by Gasteiger charge is 2.46. The highest BCUT2D eigenvalue weighted by molar-refractivity contribution is 5.49. The molecule has 1 aromatic carbocycles. The fourth-order valence-corrected chi connectivity index (χ4v) is 4.08. The third-order valence-electron chi connectivity index (χ3n) is 5.49. The summed E-state index contributed by atoms with van der Waals surface area (Å²) >= 11 is 0. The van der Waals surface area contributed by atoms with Gasteiger partial charge in [0.25, 0.3) is 0 Å². The van der Waals surface area contributed by atoms with Crippen LogP contribution in [0.3, 0.4) is 0 Å². The van der Waals surface area contributed by atoms with Crippen LogP contribution < -0.4 is 4.74 Å². The molecule has 0 amide bonds. The quantitative estimate of drug-likeness (QED) is 0.876. The van der Waals surface area contributed by atoms with E-state index in [9.17, 15) is 5.11 Å². The first kappa shape index (κ1) is 15.6. The molecule has 0 bridgehead atoms. The summed E-state index contributed by atoms with van der Waals surface area (Å²) in [5.41, 5.74) is 2.66. The summed E-state index contributed by atoms with van der Waals surface area (Å²) in [6, 6.07) is 10.0. The van der Waals surface area contributed by atoms with Gasteiger partial charge in [-0.2, -0.15) is 0 Å². The molecule has 1 N–H and O–H groups in total. The second-order valence-electron chi connectivity index (χ2n) is 7.14. The molecule has 2 aliphatic heterocycles. The number of benzene rings is 1. The number of rotatable bonds is 1. The Balaban J connectivity index is 1.90. The predicted molar refractivity (Wildman–Crippen MR) is 93.0 cm³/mol. The number of piperidine rings is 1. The van der Waals surface area contributed by atoms with Gasteiger partial charge in [0.15, 0.2) is 0 Å². The van der Waals surface area contributed by atoms with Crippen LogP contribution in [0.5, 0.6) is 5.75 Å². The van der Waals surface area contributed by atoms with E-state index in [4.69, 9.17) is 4.74 Å². The molecule has 24 heavy (non-hydrogen) atoms. The molecule has 0 radical (unpaired) electrons. The van der Waals surface area contributed by atoms with Gasteiger partial charge >= 0.3 is 0 Å². The molecule has 1 unspecified atom stereocenters. The van der Waals surface area contributed by atoms with Crippen molar-refractivity contribution in [1.29, 1.82) is 0 Å². The molecule has 1 saturated heterocycles. The van der Waals surface area contributed by atoms with Gasteiger partial charge in [-0.3, -0.25) is 4.98 Å². The van der Waals surface area contributed by atoms with E-state index in [1.165, 1.54) is 0 Å². The topological polar surface area (TPSA) is 45.6 Å². The zero-order valence-electron chi connectivity index (χ0n) is 14.3. The molecular formula is C20H24N2O2. The summed E-state index contributed by atoms with van der Waals surface area (Å²) in [7, 11) is 2.14. The number of ether oxygens (including phenoxy) is 1. The number of fused-ring (bicyclic) bond motifs is 2. The second-order valence-corrected chi connectivity index (χ2v) is 7.14. The summed E-state index contributed by atoms with van der Waals surface area (Å²) in [5, 5.41) is 12.0. The van der Waals surface area contributed by atoms with E-state index in [1.54, 1.807) is 6.20 Å². The van der Waals surface area contributed by atoms with Crippen LogP contribution in [0.2, 0.25) is 0 Å². The maximum Gasteiger partial charge on any atom is 0.138 e. The molecule has 2 aromatic rings. The van der Waals surface area contributed by atoms with Gasteiger partial charge in [0.1, 0.15) is 18.0 Å². The summed E-state index contributed by atoms with van der Waals surface area (Å²) in [6.45, 7) is 4.50. The van der Waals surface area contributed by atoms with Crippen LogP contribution in [0.15, 0.2) is 36.5 Å². The molecule has 0 spiro atoms. The Morgan fingerprint density at radius 1 is 1.25 bits per heavy atom. The summed E-state index contributed by atoms with van der Waals surface area (Å²) in [4.78, 5) is 6.93. The van der Waals surface area contributed by atoms with E-state index < -0.39 is 5.60 Å². The average Bonchev–Trinajstić information content (AvgIpc) is 2.71. The van der Waals surface area contributed by atoms with E-state index in [0.717, 1.165) is 54.1 Å². The minimum Gasteiger partial charge on any atom is -0.488 e. The van der Waals surface area contributed by atoms with Crippen LogP contribution in [0.25, 0.3) is 0 Å². The fourth-order valence-electron chi connectivity index (χ4n) is 4.08. The Kier molecular flexibility index (Phi) is 3.82. The van der Waals surface area contributed by atoms with Crippen molar-refractivity contribution in [3.8, 4) is 5.75 Å². The van der Waals surface area contributed by atoms with E-state index in [2.05, 4.69) is 29.9 Å². The first-order valence-corrected chi connectivity index (χ1v) is 8.68. The number of aryl methyl sites for hydroxylation is 1. The Morgan fingerprint density at radius 3 is 2.83 bits per heavy atom. The summed E-state index contributed by atoms with van der Waals surface area (Å²) in [5.74, 6) is 0.930. The van der Waals surface area contributed by atoms with Gasteiger partial charge in [-0.15, -0.1) is 0 Å². The summed E-state index contributed by atoms with van der Waals surface area (Å²) in [6.07, 6.45) is 3.69. The van der Waals surface area contributed by atoms with Gasteiger partial charge in [0.05, 0.1) is 5.69 Å². The van der Waals surface area contributed by atoms with Crippen molar-refractivity contribution in [2.24, 2.45) is 5.92 Å². The number of hydrogen-bond donors (Lipinski definition) is 1. The second kappa shape index (κ2) is 5.87. The molecule has 1 fully saturated rings. The molecule has 3 heterocycles. The van der Waals surface area contributed by atoms with Gasteiger partial charge in [-0.25, -0.2) is 0 Å². The maximum absolute atomic E-state index is 12.0. The van der Waals surface area contributed by atoms with Crippen molar-refractivity contribution in [2.75, 3.05) is 20.1 Å². The largest absolute Gasteiger partial charge is 0.488 e. The Hall–Kier alpha value is -1.91. The predicted octanol–water partition coefficient (Wildman–Crippen LogP) is 2.86. The smallest absolute Gasteiger partial charge is 0.138 e. The third-order valence-corrected chi connectivity index (χ3v) is 5.49. The van der Waals surface area contributed by atoms with Gasteiger partial charge < -0.3 is 14.7 Å². The van der Waals surface area contributed by atoms with Crippen LogP contribution in [-0.4, -0.2) is 35.1 Å². The minimum atomic E-state index is -1.09. The average molecular weight is 324 g/mol. The Labute approximate surface area is 143 Å². The van der Waals surface area contributed by atoms with E-state index >= 15 is 0 Å². The lowest BCUT2D eigenvalue weighted by atomic mass is 9.72. The molecule has 4 nitrogen and oxygen atoms in total. The van der Waals surface area contributed by atoms with Crippen molar-refractivity contribution in [3.05, 3.63) is 58.9 Å². The Morgan fingerprint density at radius 2 is 2.04 bits per heavy atom. The lowest BCUT2D eigenvalue weighted by Crippen LogP contribution is -2.44. The van der Waals surface area contributed by atoms with Crippen molar-refractivity contribution < 1.29 is 9.84 Å². The molecule has 4 rings (SSSR count). The lowest BCUT2D eigenvalue weighted by molar-refractivity contribution is -0.0146. The molecule has 1 atom stereocenters. The number of hydrogen-bond acceptors (Lipinski definition) is 4. The molecule has 2 aliphatic rings. The fraction of sp³-hybridized carbons (Fsp3) is 0.450. The normalized spacial score (nSPS) is 24.6. The molecule has 126 valence electrons. The standard InChI is InChI=1S/C20H24N2O2/c1-14-5-6-17-18(12-14)24-13-15-4-3-9-21-19(15)20(17,23)16-7-10-22(2)11-8-16/h3-6,9,12,16,23H,7-8,10-11,13H2,1-2H3. The third kappa shape index (κ3) is 2.41. The van der Waals surface area contributed by atoms with Gasteiger partial charge in [-0.05, 0) is 57.6 Å². The van der Waals surface area contributed by atoms with Crippen molar-refractivity contribution >= 4 is 0 Å². The Bertz CT molecular complexity index is 753. The first-order valence-electron chi connectivity index (χ1n) is 8.68. The number of nitrogens with zero attached hydrogens (tertiary/aromatic N) is 2. The molecule has 1 aromatic heterocycles. The van der Waals surface area contributed by atoms with Crippen LogP contribution in [0, 0.1) is 12.8 Å². The van der Waals surface area contributed by atoms with E-state index in [1.807, 2.05) is 24.3 Å². The molecule has 0 aliphatic carbocycles. The SMILES string of the molecule is Cc1ccc2c(c1)OCc1cccnc1C2(O)C1CCN(C)CC1. The number of likely N-dealkylation sites (tertiary alicyclic amines) is 1. The monoisotopic (exact) mass is 324 g/mol. The van der Waals surface area contributed by atoms with E-state index in [0.29, 0.717) is 6.61 Å². The van der Waals surface area contributed by atoms with Gasteiger partial charge in [0.2, 0.25) is 0 Å². The lowest BCUT2D eigenvalue weighted by Gasteiger charge is -2.40. The highest BCUT2D eigenvalue weighted by atomic mass is 16.5. The van der Waals surface area contributed by atoms with Crippen LogP contribution in [-0.2, 0) is 12.2 Å². The van der Waals surface area contributed by atoms with Crippen LogP contribution in [0.4, 0.5) is 0 Å². The highest BCUT2D eigenvalue weighted by Crippen LogP contribution is 2.47. The maximum atomic E-state index is 12.0. The van der Waals surface area contributed by atoms with Crippen LogP contribution in [0.1, 0.15) is 35.2 Å². The van der Waals surface area contributed by atoms with Gasteiger partial charge in [-0.1, -0.05) is 18.2 Å². The number of aliphatic hydroxyl groups is 1. The molecule has 4 heteroatoms. The van der Waals surface area contributed by atoms with Crippen molar-refractivity contribution in [2.45, 2.75) is 32.0 Å².